The third kappa shape index (κ3) is 5.21. The van der Waals surface area contributed by atoms with E-state index in [9.17, 15) is 9.59 Å². The van der Waals surface area contributed by atoms with E-state index in [4.69, 9.17) is 14.6 Å². The third-order valence-electron chi connectivity index (χ3n) is 4.22. The van der Waals surface area contributed by atoms with Crippen molar-refractivity contribution in [3.05, 3.63) is 58.0 Å². The number of carboxylic acid groups (broad SMARTS) is 1. The van der Waals surface area contributed by atoms with Gasteiger partial charge in [-0.25, -0.2) is 9.79 Å². The van der Waals surface area contributed by atoms with E-state index < -0.39 is 12.1 Å². The molecule has 0 saturated carbocycles. The van der Waals surface area contributed by atoms with Crippen molar-refractivity contribution in [2.24, 2.45) is 4.99 Å². The Morgan fingerprint density at radius 2 is 1.87 bits per heavy atom. The zero-order valence-electron chi connectivity index (χ0n) is 17.1. The zero-order valence-corrected chi connectivity index (χ0v) is 17.9. The molecule has 1 atom stereocenters. The van der Waals surface area contributed by atoms with Crippen LogP contribution in [0.15, 0.2) is 46.3 Å². The summed E-state index contributed by atoms with van der Waals surface area (Å²) < 4.78 is 10.7. The molecule has 1 amide bonds. The highest BCUT2D eigenvalue weighted by Crippen LogP contribution is 2.33. The number of methoxy groups -OCH3 is 1. The number of aliphatic imine (C=N–C) groups is 1. The van der Waals surface area contributed by atoms with E-state index in [0.717, 1.165) is 16.8 Å². The van der Waals surface area contributed by atoms with Gasteiger partial charge in [-0.2, -0.15) is 0 Å². The number of thioether (sulfide) groups is 1. The van der Waals surface area contributed by atoms with Crippen molar-refractivity contribution < 1.29 is 24.2 Å². The Morgan fingerprint density at radius 1 is 1.17 bits per heavy atom. The Balaban J connectivity index is 1.82. The molecule has 1 aliphatic heterocycles. The van der Waals surface area contributed by atoms with Gasteiger partial charge < -0.3 is 19.9 Å². The summed E-state index contributed by atoms with van der Waals surface area (Å²) in [6.07, 6.45) is 0.708. The summed E-state index contributed by atoms with van der Waals surface area (Å²) in [5.41, 5.74) is 3.71. The number of carboxylic acids is 1. The molecule has 30 heavy (non-hydrogen) atoms. The van der Waals surface area contributed by atoms with Crippen molar-refractivity contribution in [2.75, 3.05) is 7.11 Å². The number of aliphatic carboxylic acids is 1. The van der Waals surface area contributed by atoms with Crippen LogP contribution in [0.4, 0.5) is 5.69 Å². The van der Waals surface area contributed by atoms with Crippen molar-refractivity contribution in [3.8, 4) is 11.5 Å². The fraction of sp³-hybridized carbons (Fsp3) is 0.227. The van der Waals surface area contributed by atoms with Gasteiger partial charge in [-0.15, -0.1) is 0 Å². The Morgan fingerprint density at radius 3 is 2.50 bits per heavy atom. The number of nitrogens with zero attached hydrogens (tertiary/aromatic N) is 1. The summed E-state index contributed by atoms with van der Waals surface area (Å²) in [7, 11) is 1.47. The second-order valence-electron chi connectivity index (χ2n) is 6.84. The average Bonchev–Trinajstić information content (AvgIpc) is 3.00. The molecule has 0 spiro atoms. The van der Waals surface area contributed by atoms with Gasteiger partial charge in [0.1, 0.15) is 0 Å². The average molecular weight is 426 g/mol. The number of ether oxygens (including phenoxy) is 2. The summed E-state index contributed by atoms with van der Waals surface area (Å²) in [6, 6.07) is 11.0. The largest absolute Gasteiger partial charge is 0.493 e. The maximum absolute atomic E-state index is 12.4. The molecule has 2 aromatic rings. The van der Waals surface area contributed by atoms with E-state index >= 15 is 0 Å². The smallest absolute Gasteiger partial charge is 0.344 e. The number of rotatable bonds is 6. The first-order valence-electron chi connectivity index (χ1n) is 9.20. The maximum Gasteiger partial charge on any atom is 0.344 e. The third-order valence-corrected chi connectivity index (χ3v) is 5.13. The Kier molecular flexibility index (Phi) is 6.47. The normalized spacial score (nSPS) is 17.1. The molecule has 3 rings (SSSR count). The first kappa shape index (κ1) is 21.4. The van der Waals surface area contributed by atoms with Crippen LogP contribution >= 0.6 is 11.8 Å². The molecule has 7 nitrogen and oxygen atoms in total. The van der Waals surface area contributed by atoms with Crippen LogP contribution in [-0.4, -0.2) is 35.4 Å². The van der Waals surface area contributed by atoms with Crippen molar-refractivity contribution >= 4 is 40.6 Å². The number of amidine groups is 1. The van der Waals surface area contributed by atoms with Gasteiger partial charge in [-0.05, 0) is 79.6 Å². The predicted octanol–water partition coefficient (Wildman–Crippen LogP) is 4.06. The van der Waals surface area contributed by atoms with Crippen LogP contribution in [0.3, 0.4) is 0 Å². The van der Waals surface area contributed by atoms with E-state index in [0.29, 0.717) is 27.1 Å². The van der Waals surface area contributed by atoms with Crippen LogP contribution in [0, 0.1) is 13.8 Å². The lowest BCUT2D eigenvalue weighted by molar-refractivity contribution is -0.144. The number of benzene rings is 2. The van der Waals surface area contributed by atoms with Crippen molar-refractivity contribution in [1.82, 2.24) is 5.32 Å². The molecular formula is C22H22N2O5S. The van der Waals surface area contributed by atoms with Gasteiger partial charge in [-0.3, -0.25) is 4.79 Å². The SMILES string of the molecule is COc1cc(/C=C2/SC(=Nc3cc(C)cc(C)c3)NC2=O)ccc1OC(C)C(=O)O. The number of hydrogen-bond donors (Lipinski definition) is 2. The van der Waals surface area contributed by atoms with E-state index in [1.165, 1.54) is 25.8 Å². The monoisotopic (exact) mass is 426 g/mol. The van der Waals surface area contributed by atoms with Crippen LogP contribution in [0.5, 0.6) is 11.5 Å². The highest BCUT2D eigenvalue weighted by molar-refractivity contribution is 8.18. The van der Waals surface area contributed by atoms with Crippen molar-refractivity contribution in [1.29, 1.82) is 0 Å². The minimum Gasteiger partial charge on any atom is -0.493 e. The van der Waals surface area contributed by atoms with Crippen molar-refractivity contribution in [2.45, 2.75) is 26.9 Å². The van der Waals surface area contributed by atoms with Gasteiger partial charge in [0.05, 0.1) is 17.7 Å². The number of amides is 1. The zero-order chi connectivity index (χ0) is 21.8. The van der Waals surface area contributed by atoms with Gasteiger partial charge in [0.15, 0.2) is 22.8 Å². The topological polar surface area (TPSA) is 97.2 Å². The summed E-state index contributed by atoms with van der Waals surface area (Å²) in [5.74, 6) is -0.611. The quantitative estimate of drug-likeness (QED) is 0.676. The predicted molar refractivity (Wildman–Crippen MR) is 117 cm³/mol. The number of nitrogens with one attached hydrogen (secondary N) is 1. The van der Waals surface area contributed by atoms with E-state index in [2.05, 4.69) is 16.4 Å². The van der Waals surface area contributed by atoms with Crippen LogP contribution in [-0.2, 0) is 9.59 Å². The van der Waals surface area contributed by atoms with Crippen LogP contribution < -0.4 is 14.8 Å². The Hall–Kier alpha value is -3.26. The standard InChI is InChI=1S/C22H22N2O5S/c1-12-7-13(2)9-16(8-12)23-22-24-20(25)19(30-22)11-15-5-6-17(18(10-15)28-4)29-14(3)21(26)27/h5-11,14H,1-4H3,(H,26,27)(H,23,24,25)/b19-11+. The molecule has 0 aliphatic carbocycles. The molecule has 2 N–H and O–H groups in total. The minimum atomic E-state index is -1.07. The summed E-state index contributed by atoms with van der Waals surface area (Å²) >= 11 is 1.25. The number of aryl methyl sites for hydroxylation is 2. The number of carbonyl (C=O) groups excluding carboxylic acids is 1. The Bertz CT molecular complexity index is 1040. The molecule has 1 unspecified atom stereocenters. The first-order chi connectivity index (χ1) is 14.2. The molecule has 156 valence electrons. The lowest BCUT2D eigenvalue weighted by Gasteiger charge is -2.14. The molecule has 8 heteroatoms. The van der Waals surface area contributed by atoms with Crippen LogP contribution in [0.1, 0.15) is 23.6 Å². The van der Waals surface area contributed by atoms with Crippen molar-refractivity contribution in [3.63, 3.8) is 0 Å². The lowest BCUT2D eigenvalue weighted by Crippen LogP contribution is -2.23. The summed E-state index contributed by atoms with van der Waals surface area (Å²) in [5, 5.41) is 12.3. The van der Waals surface area contributed by atoms with Crippen LogP contribution in [0.2, 0.25) is 0 Å². The highest BCUT2D eigenvalue weighted by atomic mass is 32.2. The molecule has 1 aliphatic rings. The highest BCUT2D eigenvalue weighted by Gasteiger charge is 2.24. The maximum atomic E-state index is 12.4. The summed E-state index contributed by atoms with van der Waals surface area (Å²) in [4.78, 5) is 28.4. The van der Waals surface area contributed by atoms with Gasteiger partial charge in [0.2, 0.25) is 0 Å². The van der Waals surface area contributed by atoms with E-state index in [1.807, 2.05) is 26.0 Å². The lowest BCUT2D eigenvalue weighted by atomic mass is 10.1. The van der Waals surface area contributed by atoms with Gasteiger partial charge in [0, 0.05) is 0 Å². The van der Waals surface area contributed by atoms with Gasteiger partial charge in [-0.1, -0.05) is 12.1 Å². The second kappa shape index (κ2) is 9.04. The van der Waals surface area contributed by atoms with E-state index in [-0.39, 0.29) is 5.91 Å². The number of carbonyl (C=O) groups is 2. The van der Waals surface area contributed by atoms with E-state index in [1.54, 1.807) is 24.3 Å². The second-order valence-corrected chi connectivity index (χ2v) is 7.87. The molecule has 1 heterocycles. The molecule has 0 bridgehead atoms. The fourth-order valence-electron chi connectivity index (χ4n) is 2.88. The molecular weight excluding hydrogens is 404 g/mol. The molecule has 1 fully saturated rings. The molecule has 0 radical (unpaired) electrons. The first-order valence-corrected chi connectivity index (χ1v) is 10.0. The molecule has 1 saturated heterocycles. The number of hydrogen-bond acceptors (Lipinski definition) is 6. The summed E-state index contributed by atoms with van der Waals surface area (Å²) in [6.45, 7) is 5.44. The van der Waals surface area contributed by atoms with Crippen LogP contribution in [0.25, 0.3) is 6.08 Å². The molecule has 2 aromatic carbocycles. The van der Waals surface area contributed by atoms with Gasteiger partial charge in [0.25, 0.3) is 5.91 Å². The molecule has 0 aromatic heterocycles. The minimum absolute atomic E-state index is 0.234. The van der Waals surface area contributed by atoms with Gasteiger partial charge >= 0.3 is 5.97 Å². The fourth-order valence-corrected chi connectivity index (χ4v) is 3.72. The Labute approximate surface area is 178 Å².